The molecule has 0 saturated heterocycles. The van der Waals surface area contributed by atoms with Crippen molar-refractivity contribution in [3.05, 3.63) is 0 Å². The van der Waals surface area contributed by atoms with Gasteiger partial charge in [0, 0.05) is 12.6 Å². The van der Waals surface area contributed by atoms with Crippen molar-refractivity contribution in [2.45, 2.75) is 63.8 Å². The van der Waals surface area contributed by atoms with Gasteiger partial charge in [-0.1, -0.05) is 25.7 Å². The van der Waals surface area contributed by atoms with Gasteiger partial charge in [-0.2, -0.15) is 4.31 Å². The summed E-state index contributed by atoms with van der Waals surface area (Å²) in [4.78, 5) is 0. The average Bonchev–Trinajstić information content (AvgIpc) is 3.16. The summed E-state index contributed by atoms with van der Waals surface area (Å²) in [5.41, 5.74) is 5.57. The first-order chi connectivity index (χ1) is 9.13. The van der Waals surface area contributed by atoms with Crippen molar-refractivity contribution in [1.29, 1.82) is 0 Å². The second kappa shape index (κ2) is 7.04. The summed E-state index contributed by atoms with van der Waals surface area (Å²) in [6.07, 6.45) is 9.88. The summed E-state index contributed by atoms with van der Waals surface area (Å²) in [7, 11) is -3.07. The molecule has 0 bridgehead atoms. The molecule has 0 atom stereocenters. The van der Waals surface area contributed by atoms with Gasteiger partial charge in [0.15, 0.2) is 0 Å². The fourth-order valence-corrected chi connectivity index (χ4v) is 5.21. The van der Waals surface area contributed by atoms with Crippen LogP contribution in [0.3, 0.4) is 0 Å². The van der Waals surface area contributed by atoms with Crippen molar-refractivity contribution >= 4 is 10.0 Å². The number of sulfonamides is 1. The SMILES string of the molecule is NCCCN(C1CCCCCC1)S(=O)(=O)CC1CC1. The molecule has 0 unspecified atom stereocenters. The molecule has 2 rings (SSSR count). The Kier molecular flexibility index (Phi) is 5.66. The van der Waals surface area contributed by atoms with Crippen molar-refractivity contribution in [1.82, 2.24) is 4.31 Å². The minimum Gasteiger partial charge on any atom is -0.330 e. The van der Waals surface area contributed by atoms with Gasteiger partial charge in [0.1, 0.15) is 0 Å². The van der Waals surface area contributed by atoms with E-state index in [1.165, 1.54) is 25.7 Å². The fraction of sp³-hybridized carbons (Fsp3) is 1.00. The van der Waals surface area contributed by atoms with E-state index in [1.807, 2.05) is 4.31 Å². The van der Waals surface area contributed by atoms with E-state index in [0.29, 0.717) is 24.8 Å². The van der Waals surface area contributed by atoms with E-state index in [9.17, 15) is 8.42 Å². The average molecular weight is 288 g/mol. The lowest BCUT2D eigenvalue weighted by atomic mass is 10.1. The van der Waals surface area contributed by atoms with Gasteiger partial charge < -0.3 is 5.73 Å². The third-order valence-electron chi connectivity index (χ3n) is 4.32. The summed E-state index contributed by atoms with van der Waals surface area (Å²) in [5, 5.41) is 0. The second-order valence-electron chi connectivity index (χ2n) is 6.12. The van der Waals surface area contributed by atoms with Crippen molar-refractivity contribution < 1.29 is 8.42 Å². The van der Waals surface area contributed by atoms with Gasteiger partial charge in [-0.3, -0.25) is 0 Å². The Morgan fingerprint density at radius 3 is 2.16 bits per heavy atom. The molecule has 5 heteroatoms. The minimum absolute atomic E-state index is 0.234. The van der Waals surface area contributed by atoms with Crippen LogP contribution in [0.1, 0.15) is 57.8 Å². The van der Waals surface area contributed by atoms with Gasteiger partial charge in [0.2, 0.25) is 10.0 Å². The number of hydrogen-bond donors (Lipinski definition) is 1. The van der Waals surface area contributed by atoms with Crippen LogP contribution < -0.4 is 5.73 Å². The maximum Gasteiger partial charge on any atom is 0.214 e. The van der Waals surface area contributed by atoms with Gasteiger partial charge in [-0.05, 0) is 44.6 Å². The predicted octanol–water partition coefficient (Wildman–Crippen LogP) is 2.10. The zero-order chi connectivity index (χ0) is 13.7. The van der Waals surface area contributed by atoms with Crippen LogP contribution in [0.15, 0.2) is 0 Å². The van der Waals surface area contributed by atoms with E-state index < -0.39 is 10.0 Å². The second-order valence-corrected chi connectivity index (χ2v) is 8.09. The molecule has 0 aromatic heterocycles. The zero-order valence-electron chi connectivity index (χ0n) is 11.9. The number of nitrogens with zero attached hydrogens (tertiary/aromatic N) is 1. The van der Waals surface area contributed by atoms with Crippen molar-refractivity contribution in [3.63, 3.8) is 0 Å². The minimum atomic E-state index is -3.07. The Morgan fingerprint density at radius 2 is 1.63 bits per heavy atom. The van der Waals surface area contributed by atoms with E-state index >= 15 is 0 Å². The molecule has 2 saturated carbocycles. The molecule has 0 radical (unpaired) electrons. The Bertz CT molecular complexity index is 358. The van der Waals surface area contributed by atoms with Crippen LogP contribution in [0.5, 0.6) is 0 Å². The highest BCUT2D eigenvalue weighted by atomic mass is 32.2. The number of nitrogens with two attached hydrogens (primary N) is 1. The van der Waals surface area contributed by atoms with Crippen LogP contribution in [-0.2, 0) is 10.0 Å². The van der Waals surface area contributed by atoms with Gasteiger partial charge in [0.05, 0.1) is 5.75 Å². The van der Waals surface area contributed by atoms with Crippen molar-refractivity contribution in [2.24, 2.45) is 11.7 Å². The molecular weight excluding hydrogens is 260 g/mol. The predicted molar refractivity (Wildman–Crippen MR) is 78.4 cm³/mol. The van der Waals surface area contributed by atoms with Crippen LogP contribution in [-0.4, -0.2) is 37.6 Å². The maximum absolute atomic E-state index is 12.6. The molecule has 0 aromatic rings. The van der Waals surface area contributed by atoms with Crippen LogP contribution >= 0.6 is 0 Å². The van der Waals surface area contributed by atoms with Gasteiger partial charge in [0.25, 0.3) is 0 Å². The highest BCUT2D eigenvalue weighted by Gasteiger charge is 2.35. The summed E-state index contributed by atoms with van der Waals surface area (Å²) < 4.78 is 27.0. The Hall–Kier alpha value is -0.130. The standard InChI is InChI=1S/C14H28N2O2S/c15-10-5-11-16(14-6-3-1-2-4-7-14)19(17,18)12-13-8-9-13/h13-14H,1-12,15H2. The maximum atomic E-state index is 12.6. The Labute approximate surface area is 117 Å². The first-order valence-corrected chi connectivity index (χ1v) is 9.44. The molecule has 0 aliphatic heterocycles. The smallest absolute Gasteiger partial charge is 0.214 e. The molecule has 19 heavy (non-hydrogen) atoms. The van der Waals surface area contributed by atoms with E-state index in [0.717, 1.165) is 32.1 Å². The molecule has 4 nitrogen and oxygen atoms in total. The van der Waals surface area contributed by atoms with E-state index in [-0.39, 0.29) is 6.04 Å². The zero-order valence-corrected chi connectivity index (χ0v) is 12.7. The molecule has 2 aliphatic carbocycles. The van der Waals surface area contributed by atoms with E-state index in [2.05, 4.69) is 0 Å². The first kappa shape index (κ1) is 15.3. The highest BCUT2D eigenvalue weighted by molar-refractivity contribution is 7.89. The molecule has 0 amide bonds. The van der Waals surface area contributed by atoms with Crippen LogP contribution in [0.4, 0.5) is 0 Å². The first-order valence-electron chi connectivity index (χ1n) is 7.83. The van der Waals surface area contributed by atoms with Crippen LogP contribution in [0.2, 0.25) is 0 Å². The lowest BCUT2D eigenvalue weighted by molar-refractivity contribution is 0.290. The van der Waals surface area contributed by atoms with E-state index in [1.54, 1.807) is 0 Å². The van der Waals surface area contributed by atoms with Gasteiger partial charge >= 0.3 is 0 Å². The molecule has 0 heterocycles. The molecular formula is C14H28N2O2S. The Balaban J connectivity index is 2.03. The molecule has 0 aromatic carbocycles. The van der Waals surface area contributed by atoms with E-state index in [4.69, 9.17) is 5.73 Å². The molecule has 2 aliphatic rings. The highest BCUT2D eigenvalue weighted by Crippen LogP contribution is 2.33. The van der Waals surface area contributed by atoms with Crippen LogP contribution in [0.25, 0.3) is 0 Å². The molecule has 112 valence electrons. The number of rotatable bonds is 7. The molecule has 2 N–H and O–H groups in total. The van der Waals surface area contributed by atoms with Crippen molar-refractivity contribution in [3.8, 4) is 0 Å². The summed E-state index contributed by atoms with van der Waals surface area (Å²) in [5.74, 6) is 0.796. The lowest BCUT2D eigenvalue weighted by Crippen LogP contribution is -2.42. The quantitative estimate of drug-likeness (QED) is 0.730. The molecule has 2 fully saturated rings. The van der Waals surface area contributed by atoms with Gasteiger partial charge in [-0.15, -0.1) is 0 Å². The third kappa shape index (κ3) is 4.72. The van der Waals surface area contributed by atoms with Crippen LogP contribution in [0, 0.1) is 5.92 Å². The van der Waals surface area contributed by atoms with Crippen molar-refractivity contribution in [2.75, 3.05) is 18.8 Å². The summed E-state index contributed by atoms with van der Waals surface area (Å²) in [6, 6.07) is 0.234. The molecule has 0 spiro atoms. The number of hydrogen-bond acceptors (Lipinski definition) is 3. The lowest BCUT2D eigenvalue weighted by Gasteiger charge is -2.30. The third-order valence-corrected chi connectivity index (χ3v) is 6.40. The monoisotopic (exact) mass is 288 g/mol. The Morgan fingerprint density at radius 1 is 1.00 bits per heavy atom. The summed E-state index contributed by atoms with van der Waals surface area (Å²) >= 11 is 0. The largest absolute Gasteiger partial charge is 0.330 e. The topological polar surface area (TPSA) is 63.4 Å². The fourth-order valence-electron chi connectivity index (χ4n) is 3.02. The van der Waals surface area contributed by atoms with Gasteiger partial charge in [-0.25, -0.2) is 8.42 Å². The normalized spacial score (nSPS) is 22.6. The summed E-state index contributed by atoms with van der Waals surface area (Å²) in [6.45, 7) is 1.19.